The molecule has 0 aliphatic carbocycles. The van der Waals surface area contributed by atoms with Crippen molar-refractivity contribution < 1.29 is 0 Å². The molecule has 0 amide bonds. The lowest BCUT2D eigenvalue weighted by Gasteiger charge is -2.12. The second-order valence-electron chi connectivity index (χ2n) is 4.79. The third kappa shape index (κ3) is 3.07. The number of rotatable bonds is 2. The SMILES string of the molecule is Cc1ccnc(NC(=N)Nc2ccc(Br)c3ccccc23)n1. The molecule has 0 unspecified atom stereocenters. The van der Waals surface area contributed by atoms with Crippen molar-refractivity contribution >= 4 is 44.3 Å². The molecule has 0 fully saturated rings. The summed E-state index contributed by atoms with van der Waals surface area (Å²) in [7, 11) is 0. The van der Waals surface area contributed by atoms with Crippen LogP contribution in [0.4, 0.5) is 11.6 Å². The number of nitrogens with zero attached hydrogens (tertiary/aromatic N) is 2. The fourth-order valence-corrected chi connectivity index (χ4v) is 2.64. The lowest BCUT2D eigenvalue weighted by Crippen LogP contribution is -2.22. The van der Waals surface area contributed by atoms with Gasteiger partial charge in [0.25, 0.3) is 0 Å². The lowest BCUT2D eigenvalue weighted by molar-refractivity contribution is 1.11. The summed E-state index contributed by atoms with van der Waals surface area (Å²) < 4.78 is 1.02. The molecule has 0 saturated heterocycles. The highest BCUT2D eigenvalue weighted by Gasteiger charge is 2.06. The standard InChI is InChI=1S/C16H14BrN5/c1-10-8-9-19-16(20-10)22-15(18)21-14-7-6-13(17)11-4-2-3-5-12(11)14/h2-9H,1H3,(H3,18,19,20,21,22). The minimum Gasteiger partial charge on any atom is -0.326 e. The van der Waals surface area contributed by atoms with Gasteiger partial charge in [0, 0.05) is 27.4 Å². The van der Waals surface area contributed by atoms with Gasteiger partial charge in [-0.15, -0.1) is 0 Å². The van der Waals surface area contributed by atoms with E-state index in [0.29, 0.717) is 5.95 Å². The Labute approximate surface area is 136 Å². The third-order valence-corrected chi connectivity index (χ3v) is 3.85. The number of anilines is 2. The quantitative estimate of drug-likeness (QED) is 0.476. The first-order valence-electron chi connectivity index (χ1n) is 6.73. The first-order valence-corrected chi connectivity index (χ1v) is 7.52. The van der Waals surface area contributed by atoms with E-state index in [4.69, 9.17) is 5.41 Å². The van der Waals surface area contributed by atoms with E-state index in [-0.39, 0.29) is 5.96 Å². The molecule has 0 bridgehead atoms. The Kier molecular flexibility index (Phi) is 4.02. The van der Waals surface area contributed by atoms with E-state index in [1.54, 1.807) is 6.20 Å². The highest BCUT2D eigenvalue weighted by molar-refractivity contribution is 9.10. The number of hydrogen-bond donors (Lipinski definition) is 3. The summed E-state index contributed by atoms with van der Waals surface area (Å²) >= 11 is 3.54. The van der Waals surface area contributed by atoms with Crippen LogP contribution in [-0.2, 0) is 0 Å². The van der Waals surface area contributed by atoms with E-state index in [2.05, 4.69) is 36.5 Å². The zero-order chi connectivity index (χ0) is 15.5. The normalized spacial score (nSPS) is 10.5. The Morgan fingerprint density at radius 3 is 2.59 bits per heavy atom. The van der Waals surface area contributed by atoms with Gasteiger partial charge in [0.1, 0.15) is 0 Å². The van der Waals surface area contributed by atoms with Crippen LogP contribution in [0.5, 0.6) is 0 Å². The Morgan fingerprint density at radius 2 is 1.82 bits per heavy atom. The van der Waals surface area contributed by atoms with Crippen molar-refractivity contribution in [1.29, 1.82) is 5.41 Å². The van der Waals surface area contributed by atoms with E-state index in [0.717, 1.165) is 26.6 Å². The molecule has 0 aliphatic heterocycles. The molecule has 1 heterocycles. The second-order valence-corrected chi connectivity index (χ2v) is 5.64. The van der Waals surface area contributed by atoms with E-state index >= 15 is 0 Å². The van der Waals surface area contributed by atoms with Gasteiger partial charge < -0.3 is 5.32 Å². The first kappa shape index (κ1) is 14.5. The molecule has 0 radical (unpaired) electrons. The molecule has 1 aromatic heterocycles. The van der Waals surface area contributed by atoms with Crippen LogP contribution >= 0.6 is 15.9 Å². The van der Waals surface area contributed by atoms with Crippen molar-refractivity contribution in [2.75, 3.05) is 10.6 Å². The van der Waals surface area contributed by atoms with Crippen molar-refractivity contribution in [1.82, 2.24) is 9.97 Å². The number of aryl methyl sites for hydroxylation is 1. The van der Waals surface area contributed by atoms with Crippen LogP contribution < -0.4 is 10.6 Å². The Balaban J connectivity index is 1.84. The highest BCUT2D eigenvalue weighted by atomic mass is 79.9. The summed E-state index contributed by atoms with van der Waals surface area (Å²) in [6.45, 7) is 1.88. The van der Waals surface area contributed by atoms with E-state index in [1.807, 2.05) is 49.4 Å². The molecule has 3 N–H and O–H groups in total. The van der Waals surface area contributed by atoms with Gasteiger partial charge in [-0.1, -0.05) is 40.2 Å². The molecular weight excluding hydrogens is 342 g/mol. The van der Waals surface area contributed by atoms with Crippen molar-refractivity contribution in [3.05, 3.63) is 58.8 Å². The molecule has 0 saturated carbocycles. The number of fused-ring (bicyclic) bond motifs is 1. The van der Waals surface area contributed by atoms with Gasteiger partial charge in [-0.3, -0.25) is 10.7 Å². The van der Waals surface area contributed by atoms with Crippen LogP contribution in [0.15, 0.2) is 53.1 Å². The van der Waals surface area contributed by atoms with Crippen LogP contribution in [0.25, 0.3) is 10.8 Å². The Morgan fingerprint density at radius 1 is 1.05 bits per heavy atom. The van der Waals surface area contributed by atoms with Gasteiger partial charge in [0.05, 0.1) is 0 Å². The summed E-state index contributed by atoms with van der Waals surface area (Å²) in [5.74, 6) is 0.525. The number of nitrogens with one attached hydrogen (secondary N) is 3. The number of aromatic nitrogens is 2. The maximum absolute atomic E-state index is 8.05. The fraction of sp³-hybridized carbons (Fsp3) is 0.0625. The molecule has 0 atom stereocenters. The maximum Gasteiger partial charge on any atom is 0.229 e. The summed E-state index contributed by atoms with van der Waals surface area (Å²) in [4.78, 5) is 8.31. The topological polar surface area (TPSA) is 73.7 Å². The number of hydrogen-bond acceptors (Lipinski definition) is 3. The summed E-state index contributed by atoms with van der Waals surface area (Å²) in [6, 6.07) is 13.7. The summed E-state index contributed by atoms with van der Waals surface area (Å²) in [6.07, 6.45) is 1.66. The zero-order valence-electron chi connectivity index (χ0n) is 11.9. The summed E-state index contributed by atoms with van der Waals surface area (Å²) in [5.41, 5.74) is 1.70. The van der Waals surface area contributed by atoms with Crippen molar-refractivity contribution in [3.63, 3.8) is 0 Å². The molecule has 3 aromatic rings. The Bertz CT molecular complexity index is 847. The smallest absolute Gasteiger partial charge is 0.229 e. The summed E-state index contributed by atoms with van der Waals surface area (Å²) in [5, 5.41) is 16.1. The van der Waals surface area contributed by atoms with Crippen LogP contribution in [0.3, 0.4) is 0 Å². The van der Waals surface area contributed by atoms with E-state index in [1.165, 1.54) is 0 Å². The fourth-order valence-electron chi connectivity index (χ4n) is 2.16. The van der Waals surface area contributed by atoms with Gasteiger partial charge in [-0.2, -0.15) is 0 Å². The van der Waals surface area contributed by atoms with Crippen LogP contribution in [0.1, 0.15) is 5.69 Å². The van der Waals surface area contributed by atoms with Gasteiger partial charge in [-0.05, 0) is 30.5 Å². The molecule has 0 spiro atoms. The first-order chi connectivity index (χ1) is 10.6. The van der Waals surface area contributed by atoms with Gasteiger partial charge in [0.2, 0.25) is 5.95 Å². The molecule has 2 aromatic carbocycles. The monoisotopic (exact) mass is 355 g/mol. The van der Waals surface area contributed by atoms with Crippen molar-refractivity contribution in [2.45, 2.75) is 6.92 Å². The van der Waals surface area contributed by atoms with Crippen molar-refractivity contribution in [2.24, 2.45) is 0 Å². The maximum atomic E-state index is 8.05. The van der Waals surface area contributed by atoms with Crippen LogP contribution in [0.2, 0.25) is 0 Å². The average molecular weight is 356 g/mol. The third-order valence-electron chi connectivity index (χ3n) is 3.16. The molecule has 5 nitrogen and oxygen atoms in total. The molecule has 110 valence electrons. The number of guanidine groups is 1. The number of halogens is 1. The molecular formula is C16H14BrN5. The minimum absolute atomic E-state index is 0.123. The van der Waals surface area contributed by atoms with Crippen molar-refractivity contribution in [3.8, 4) is 0 Å². The Hall–Kier alpha value is -2.47. The predicted molar refractivity (Wildman–Crippen MR) is 93.4 cm³/mol. The van der Waals surface area contributed by atoms with Gasteiger partial charge in [-0.25, -0.2) is 9.97 Å². The highest BCUT2D eigenvalue weighted by Crippen LogP contribution is 2.29. The van der Waals surface area contributed by atoms with E-state index < -0.39 is 0 Å². The number of benzene rings is 2. The van der Waals surface area contributed by atoms with Crippen LogP contribution in [-0.4, -0.2) is 15.9 Å². The second kappa shape index (κ2) is 6.11. The average Bonchev–Trinajstić information content (AvgIpc) is 2.50. The molecule has 0 aliphatic rings. The van der Waals surface area contributed by atoms with Crippen LogP contribution in [0, 0.1) is 12.3 Å². The molecule has 22 heavy (non-hydrogen) atoms. The molecule has 6 heteroatoms. The van der Waals surface area contributed by atoms with E-state index in [9.17, 15) is 0 Å². The minimum atomic E-state index is 0.123. The largest absolute Gasteiger partial charge is 0.326 e. The van der Waals surface area contributed by atoms with Gasteiger partial charge in [0.15, 0.2) is 5.96 Å². The predicted octanol–water partition coefficient (Wildman–Crippen LogP) is 4.16. The lowest BCUT2D eigenvalue weighted by atomic mass is 10.1. The zero-order valence-corrected chi connectivity index (χ0v) is 13.5. The molecule has 3 rings (SSSR count). The van der Waals surface area contributed by atoms with Gasteiger partial charge >= 0.3 is 0 Å².